The van der Waals surface area contributed by atoms with Crippen LogP contribution in [0.3, 0.4) is 0 Å². The SMILES string of the molecule is CCCCCS(=O)(=O)N1CCC(CO)C1. The molecule has 5 heteroatoms. The van der Waals surface area contributed by atoms with E-state index >= 15 is 0 Å². The van der Waals surface area contributed by atoms with Crippen LogP contribution in [0, 0.1) is 5.92 Å². The second-order valence-corrected chi connectivity index (χ2v) is 6.31. The van der Waals surface area contributed by atoms with Gasteiger partial charge in [-0.2, -0.15) is 0 Å². The van der Waals surface area contributed by atoms with Crippen LogP contribution in [-0.4, -0.2) is 43.3 Å². The van der Waals surface area contributed by atoms with Crippen molar-refractivity contribution in [1.29, 1.82) is 0 Å². The average molecular weight is 235 g/mol. The maximum absolute atomic E-state index is 11.8. The zero-order chi connectivity index (χ0) is 11.3. The van der Waals surface area contributed by atoms with E-state index in [1.807, 2.05) is 0 Å². The highest BCUT2D eigenvalue weighted by Gasteiger charge is 2.30. The van der Waals surface area contributed by atoms with E-state index in [1.54, 1.807) is 0 Å². The fourth-order valence-corrected chi connectivity index (χ4v) is 3.51. The summed E-state index contributed by atoms with van der Waals surface area (Å²) in [6.07, 6.45) is 3.55. The monoisotopic (exact) mass is 235 g/mol. The van der Waals surface area contributed by atoms with Gasteiger partial charge in [0.2, 0.25) is 10.0 Å². The molecule has 0 radical (unpaired) electrons. The highest BCUT2D eigenvalue weighted by Crippen LogP contribution is 2.19. The summed E-state index contributed by atoms with van der Waals surface area (Å²) in [5.74, 6) is 0.407. The maximum atomic E-state index is 11.8. The van der Waals surface area contributed by atoms with Crippen LogP contribution in [0.2, 0.25) is 0 Å². The van der Waals surface area contributed by atoms with Crippen LogP contribution in [0.5, 0.6) is 0 Å². The first-order valence-electron chi connectivity index (χ1n) is 5.69. The van der Waals surface area contributed by atoms with E-state index in [1.165, 1.54) is 4.31 Å². The van der Waals surface area contributed by atoms with Crippen LogP contribution in [0.25, 0.3) is 0 Å². The van der Waals surface area contributed by atoms with Gasteiger partial charge in [-0.05, 0) is 18.8 Å². The van der Waals surface area contributed by atoms with Gasteiger partial charge in [-0.15, -0.1) is 0 Å². The number of unbranched alkanes of at least 4 members (excludes halogenated alkanes) is 2. The topological polar surface area (TPSA) is 57.6 Å². The maximum Gasteiger partial charge on any atom is 0.214 e. The van der Waals surface area contributed by atoms with Gasteiger partial charge < -0.3 is 5.11 Å². The second kappa shape index (κ2) is 5.82. The molecule has 0 bridgehead atoms. The molecule has 1 atom stereocenters. The molecule has 0 spiro atoms. The van der Waals surface area contributed by atoms with Crippen LogP contribution in [0.1, 0.15) is 32.6 Å². The van der Waals surface area contributed by atoms with Crippen LogP contribution in [0.15, 0.2) is 0 Å². The molecule has 0 aromatic carbocycles. The number of hydrogen-bond donors (Lipinski definition) is 1. The van der Waals surface area contributed by atoms with Gasteiger partial charge in [0.1, 0.15) is 0 Å². The van der Waals surface area contributed by atoms with E-state index in [9.17, 15) is 8.42 Å². The molecule has 1 rings (SSSR count). The predicted octanol–water partition coefficient (Wildman–Crippen LogP) is 0.821. The highest BCUT2D eigenvalue weighted by atomic mass is 32.2. The summed E-state index contributed by atoms with van der Waals surface area (Å²) in [5, 5.41) is 8.94. The minimum absolute atomic E-state index is 0.0982. The fraction of sp³-hybridized carbons (Fsp3) is 1.00. The summed E-state index contributed by atoms with van der Waals surface area (Å²) in [7, 11) is -3.05. The summed E-state index contributed by atoms with van der Waals surface area (Å²) >= 11 is 0. The van der Waals surface area contributed by atoms with Crippen LogP contribution in [0.4, 0.5) is 0 Å². The Kier molecular flexibility index (Phi) is 5.02. The van der Waals surface area contributed by atoms with Crippen molar-refractivity contribution < 1.29 is 13.5 Å². The molecule has 1 N–H and O–H groups in total. The Hall–Kier alpha value is -0.130. The van der Waals surface area contributed by atoms with E-state index in [2.05, 4.69) is 6.92 Å². The highest BCUT2D eigenvalue weighted by molar-refractivity contribution is 7.89. The fourth-order valence-electron chi connectivity index (χ4n) is 1.86. The Labute approximate surface area is 92.3 Å². The minimum atomic E-state index is -3.05. The third-order valence-corrected chi connectivity index (χ3v) is 4.83. The number of nitrogens with zero attached hydrogens (tertiary/aromatic N) is 1. The average Bonchev–Trinajstić information content (AvgIpc) is 2.66. The van der Waals surface area contributed by atoms with Gasteiger partial charge in [0, 0.05) is 19.7 Å². The quantitative estimate of drug-likeness (QED) is 0.693. The molecule has 0 aromatic rings. The zero-order valence-electron chi connectivity index (χ0n) is 9.35. The Morgan fingerprint density at radius 1 is 1.40 bits per heavy atom. The molecule has 1 saturated heterocycles. The molecule has 90 valence electrons. The molecule has 15 heavy (non-hydrogen) atoms. The Morgan fingerprint density at radius 3 is 2.67 bits per heavy atom. The second-order valence-electron chi connectivity index (χ2n) is 4.22. The van der Waals surface area contributed by atoms with E-state index < -0.39 is 10.0 Å². The van der Waals surface area contributed by atoms with Gasteiger partial charge in [0.15, 0.2) is 0 Å². The number of aliphatic hydroxyl groups excluding tert-OH is 1. The number of aliphatic hydroxyl groups is 1. The van der Waals surface area contributed by atoms with Crippen molar-refractivity contribution in [1.82, 2.24) is 4.31 Å². The molecule has 1 aliphatic heterocycles. The Balaban J connectivity index is 2.41. The number of rotatable bonds is 6. The first-order chi connectivity index (χ1) is 7.10. The van der Waals surface area contributed by atoms with Crippen molar-refractivity contribution in [3.8, 4) is 0 Å². The van der Waals surface area contributed by atoms with Crippen molar-refractivity contribution in [3.05, 3.63) is 0 Å². The normalized spacial score (nSPS) is 23.5. The van der Waals surface area contributed by atoms with Gasteiger partial charge in [-0.1, -0.05) is 19.8 Å². The standard InChI is InChI=1S/C10H21NO3S/c1-2-3-4-7-15(13,14)11-6-5-10(8-11)9-12/h10,12H,2-9H2,1H3. The molecular weight excluding hydrogens is 214 g/mol. The first kappa shape index (κ1) is 12.9. The Morgan fingerprint density at radius 2 is 2.13 bits per heavy atom. The lowest BCUT2D eigenvalue weighted by molar-refractivity contribution is 0.233. The van der Waals surface area contributed by atoms with Gasteiger partial charge >= 0.3 is 0 Å². The molecule has 1 fully saturated rings. The van der Waals surface area contributed by atoms with Crippen molar-refractivity contribution in [2.75, 3.05) is 25.4 Å². The third-order valence-electron chi connectivity index (χ3n) is 2.91. The number of sulfonamides is 1. The van der Waals surface area contributed by atoms with Crippen LogP contribution < -0.4 is 0 Å². The molecule has 1 aliphatic rings. The number of hydrogen-bond acceptors (Lipinski definition) is 3. The van der Waals surface area contributed by atoms with Crippen molar-refractivity contribution in [2.45, 2.75) is 32.6 Å². The molecular formula is C10H21NO3S. The molecule has 4 nitrogen and oxygen atoms in total. The smallest absolute Gasteiger partial charge is 0.214 e. The van der Waals surface area contributed by atoms with Gasteiger partial charge in [-0.25, -0.2) is 12.7 Å². The summed E-state index contributed by atoms with van der Waals surface area (Å²) in [5.41, 5.74) is 0. The molecule has 1 unspecified atom stereocenters. The minimum Gasteiger partial charge on any atom is -0.396 e. The van der Waals surface area contributed by atoms with E-state index in [0.717, 1.165) is 25.7 Å². The summed E-state index contributed by atoms with van der Waals surface area (Å²) in [6, 6.07) is 0. The van der Waals surface area contributed by atoms with Gasteiger partial charge in [-0.3, -0.25) is 0 Å². The van der Waals surface area contributed by atoms with Crippen molar-refractivity contribution in [3.63, 3.8) is 0 Å². The van der Waals surface area contributed by atoms with Gasteiger partial charge in [0.05, 0.1) is 5.75 Å². The third kappa shape index (κ3) is 3.74. The van der Waals surface area contributed by atoms with E-state index in [4.69, 9.17) is 5.11 Å². The lowest BCUT2D eigenvalue weighted by Crippen LogP contribution is -2.31. The van der Waals surface area contributed by atoms with Gasteiger partial charge in [0.25, 0.3) is 0 Å². The molecule has 1 heterocycles. The molecule has 0 aliphatic carbocycles. The summed E-state index contributed by atoms with van der Waals surface area (Å²) < 4.78 is 25.2. The molecule has 0 amide bonds. The Bertz CT molecular complexity index is 276. The first-order valence-corrected chi connectivity index (χ1v) is 7.29. The zero-order valence-corrected chi connectivity index (χ0v) is 10.2. The van der Waals surface area contributed by atoms with Crippen molar-refractivity contribution >= 4 is 10.0 Å². The lowest BCUT2D eigenvalue weighted by atomic mass is 10.1. The van der Waals surface area contributed by atoms with Crippen LogP contribution >= 0.6 is 0 Å². The molecule has 0 aromatic heterocycles. The van der Waals surface area contributed by atoms with E-state index in [-0.39, 0.29) is 18.3 Å². The molecule has 0 saturated carbocycles. The summed E-state index contributed by atoms with van der Waals surface area (Å²) in [6.45, 7) is 3.25. The largest absolute Gasteiger partial charge is 0.396 e. The summed E-state index contributed by atoms with van der Waals surface area (Å²) in [4.78, 5) is 0. The van der Waals surface area contributed by atoms with Crippen LogP contribution in [-0.2, 0) is 10.0 Å². The predicted molar refractivity (Wildman–Crippen MR) is 60.1 cm³/mol. The van der Waals surface area contributed by atoms with E-state index in [0.29, 0.717) is 13.1 Å². The lowest BCUT2D eigenvalue weighted by Gasteiger charge is -2.15. The van der Waals surface area contributed by atoms with Crippen molar-refractivity contribution in [2.24, 2.45) is 5.92 Å².